The molecule has 1 aliphatic carbocycles. The fourth-order valence-corrected chi connectivity index (χ4v) is 5.50. The lowest BCUT2D eigenvalue weighted by Crippen LogP contribution is -2.41. The molecule has 1 fully saturated rings. The molecule has 1 nitrogen and oxygen atoms in total. The Balaban J connectivity index is 2.05. The number of thioether (sulfide) groups is 2. The summed E-state index contributed by atoms with van der Waals surface area (Å²) >= 11 is 3.60. The molecule has 1 saturated heterocycles. The topological polar surface area (TPSA) is 17.1 Å². The van der Waals surface area contributed by atoms with Crippen LogP contribution in [0.25, 0.3) is 5.57 Å². The first-order valence-electron chi connectivity index (χ1n) is 5.35. The van der Waals surface area contributed by atoms with Crippen molar-refractivity contribution in [3.05, 3.63) is 41.5 Å². The number of rotatable bonds is 1. The maximum absolute atomic E-state index is 12.3. The number of benzene rings is 1. The standard InChI is InChI=1S/C13H12OS2/c1-9-11(10-5-3-2-4-6-10)12(14)13(9)15-7-8-16-13/h2-6H,7-8H2,1H3. The zero-order valence-electron chi connectivity index (χ0n) is 9.03. The van der Waals surface area contributed by atoms with Crippen LogP contribution in [-0.4, -0.2) is 21.4 Å². The van der Waals surface area contributed by atoms with Crippen LogP contribution in [0.2, 0.25) is 0 Å². The lowest BCUT2D eigenvalue weighted by molar-refractivity contribution is -0.114. The fraction of sp³-hybridized carbons (Fsp3) is 0.308. The normalized spacial score (nSPS) is 22.7. The molecule has 1 aromatic rings. The Morgan fingerprint density at radius 3 is 2.31 bits per heavy atom. The van der Waals surface area contributed by atoms with E-state index in [2.05, 4.69) is 6.92 Å². The molecule has 0 aromatic heterocycles. The van der Waals surface area contributed by atoms with Gasteiger partial charge in [0.1, 0.15) is 4.08 Å². The van der Waals surface area contributed by atoms with E-state index in [4.69, 9.17) is 0 Å². The van der Waals surface area contributed by atoms with Crippen molar-refractivity contribution in [3.63, 3.8) is 0 Å². The minimum absolute atomic E-state index is 0.217. The fourth-order valence-electron chi connectivity index (χ4n) is 2.32. The molecule has 0 saturated carbocycles. The molecule has 1 spiro atoms. The van der Waals surface area contributed by atoms with Gasteiger partial charge in [0.05, 0.1) is 0 Å². The predicted octanol–water partition coefficient (Wildman–Crippen LogP) is 3.22. The Morgan fingerprint density at radius 2 is 1.75 bits per heavy atom. The smallest absolute Gasteiger partial charge is 0.193 e. The molecule has 0 bridgehead atoms. The van der Waals surface area contributed by atoms with Crippen LogP contribution >= 0.6 is 23.5 Å². The Hall–Kier alpha value is -0.670. The summed E-state index contributed by atoms with van der Waals surface area (Å²) in [4.78, 5) is 12.3. The van der Waals surface area contributed by atoms with E-state index in [1.807, 2.05) is 30.3 Å². The lowest BCUT2D eigenvalue weighted by Gasteiger charge is -2.38. The zero-order chi connectivity index (χ0) is 11.2. The van der Waals surface area contributed by atoms with Gasteiger partial charge in [0.25, 0.3) is 0 Å². The second-order valence-corrected chi connectivity index (χ2v) is 6.89. The summed E-state index contributed by atoms with van der Waals surface area (Å²) in [6.07, 6.45) is 0. The van der Waals surface area contributed by atoms with Crippen LogP contribution in [-0.2, 0) is 4.79 Å². The highest BCUT2D eigenvalue weighted by molar-refractivity contribution is 8.23. The van der Waals surface area contributed by atoms with Crippen molar-refractivity contribution in [1.82, 2.24) is 0 Å². The number of ketones is 1. The molecule has 0 unspecified atom stereocenters. The molecule has 0 amide bonds. The van der Waals surface area contributed by atoms with Gasteiger partial charge in [-0.25, -0.2) is 0 Å². The van der Waals surface area contributed by atoms with Gasteiger partial charge < -0.3 is 0 Å². The molecule has 0 radical (unpaired) electrons. The summed E-state index contributed by atoms with van der Waals surface area (Å²) in [6.45, 7) is 2.11. The molecule has 0 atom stereocenters. The highest BCUT2D eigenvalue weighted by atomic mass is 32.2. The van der Waals surface area contributed by atoms with E-state index in [1.54, 1.807) is 23.5 Å². The van der Waals surface area contributed by atoms with Gasteiger partial charge in [-0.1, -0.05) is 30.3 Å². The van der Waals surface area contributed by atoms with Gasteiger partial charge in [-0.05, 0) is 18.1 Å². The molecule has 16 heavy (non-hydrogen) atoms. The first-order chi connectivity index (χ1) is 7.76. The summed E-state index contributed by atoms with van der Waals surface area (Å²) in [5.74, 6) is 2.51. The van der Waals surface area contributed by atoms with Crippen molar-refractivity contribution >= 4 is 34.9 Å². The number of Topliss-reactive ketones (excluding diaryl/α,β-unsaturated/α-hetero) is 1. The summed E-state index contributed by atoms with van der Waals surface area (Å²) in [6, 6.07) is 10.0. The molecule has 3 rings (SSSR count). The van der Waals surface area contributed by atoms with Gasteiger partial charge >= 0.3 is 0 Å². The van der Waals surface area contributed by atoms with Crippen molar-refractivity contribution in [2.24, 2.45) is 0 Å². The third-order valence-corrected chi connectivity index (χ3v) is 6.73. The van der Waals surface area contributed by atoms with E-state index in [1.165, 1.54) is 5.57 Å². The number of allylic oxidation sites excluding steroid dienone is 1. The number of hydrogen-bond donors (Lipinski definition) is 0. The summed E-state index contributed by atoms with van der Waals surface area (Å²) in [5, 5.41) is 0. The van der Waals surface area contributed by atoms with E-state index < -0.39 is 0 Å². The van der Waals surface area contributed by atoms with Crippen molar-refractivity contribution in [1.29, 1.82) is 0 Å². The quantitative estimate of drug-likeness (QED) is 0.759. The molecule has 1 aromatic carbocycles. The SMILES string of the molecule is CC1=C(c2ccccc2)C(=O)C12SCCS2. The van der Waals surface area contributed by atoms with Gasteiger partial charge in [0.2, 0.25) is 0 Å². The van der Waals surface area contributed by atoms with Gasteiger partial charge in [0.15, 0.2) is 5.78 Å². The van der Waals surface area contributed by atoms with Crippen LogP contribution in [0, 0.1) is 0 Å². The first kappa shape index (κ1) is 10.5. The number of hydrogen-bond acceptors (Lipinski definition) is 3. The Bertz CT molecular complexity index is 470. The van der Waals surface area contributed by atoms with Crippen LogP contribution in [0.5, 0.6) is 0 Å². The highest BCUT2D eigenvalue weighted by Crippen LogP contribution is 2.59. The molecule has 2 aliphatic rings. The summed E-state index contributed by atoms with van der Waals surface area (Å²) in [5.41, 5.74) is 3.28. The van der Waals surface area contributed by atoms with E-state index in [-0.39, 0.29) is 4.08 Å². The summed E-state index contributed by atoms with van der Waals surface area (Å²) in [7, 11) is 0. The maximum atomic E-state index is 12.3. The zero-order valence-corrected chi connectivity index (χ0v) is 10.7. The lowest BCUT2D eigenvalue weighted by atomic mass is 9.82. The van der Waals surface area contributed by atoms with Crippen molar-refractivity contribution in [3.8, 4) is 0 Å². The highest BCUT2D eigenvalue weighted by Gasteiger charge is 2.54. The Morgan fingerprint density at radius 1 is 1.12 bits per heavy atom. The summed E-state index contributed by atoms with van der Waals surface area (Å²) < 4.78 is -0.217. The second kappa shape index (κ2) is 3.67. The van der Waals surface area contributed by atoms with Crippen LogP contribution in [0.3, 0.4) is 0 Å². The minimum Gasteiger partial charge on any atom is -0.291 e. The number of carbonyl (C=O) groups excluding carboxylic acids is 1. The van der Waals surface area contributed by atoms with Crippen molar-refractivity contribution in [2.45, 2.75) is 11.0 Å². The third-order valence-electron chi connectivity index (χ3n) is 3.15. The first-order valence-corrected chi connectivity index (χ1v) is 7.32. The van der Waals surface area contributed by atoms with E-state index >= 15 is 0 Å². The van der Waals surface area contributed by atoms with Crippen LogP contribution in [0.15, 0.2) is 35.9 Å². The average molecular weight is 248 g/mol. The molecule has 3 heteroatoms. The van der Waals surface area contributed by atoms with Crippen molar-refractivity contribution in [2.75, 3.05) is 11.5 Å². The molecular formula is C13H12OS2. The maximum Gasteiger partial charge on any atom is 0.193 e. The van der Waals surface area contributed by atoms with Crippen LogP contribution in [0.1, 0.15) is 12.5 Å². The van der Waals surface area contributed by atoms with E-state index in [0.29, 0.717) is 5.78 Å². The molecular weight excluding hydrogens is 236 g/mol. The second-order valence-electron chi connectivity index (χ2n) is 4.01. The van der Waals surface area contributed by atoms with Gasteiger partial charge in [-0.3, -0.25) is 4.79 Å². The largest absolute Gasteiger partial charge is 0.291 e. The molecule has 1 heterocycles. The molecule has 1 aliphatic heterocycles. The van der Waals surface area contributed by atoms with Gasteiger partial charge in [-0.2, -0.15) is 0 Å². The Labute approximate surface area is 104 Å². The minimum atomic E-state index is -0.217. The average Bonchev–Trinajstić information content (AvgIpc) is 2.82. The molecule has 0 N–H and O–H groups in total. The van der Waals surface area contributed by atoms with Crippen LogP contribution < -0.4 is 0 Å². The number of carbonyl (C=O) groups is 1. The third kappa shape index (κ3) is 1.25. The van der Waals surface area contributed by atoms with Gasteiger partial charge in [0, 0.05) is 17.1 Å². The van der Waals surface area contributed by atoms with Crippen molar-refractivity contribution < 1.29 is 4.79 Å². The monoisotopic (exact) mass is 248 g/mol. The van der Waals surface area contributed by atoms with E-state index in [0.717, 1.165) is 22.6 Å². The van der Waals surface area contributed by atoms with Gasteiger partial charge in [-0.15, -0.1) is 23.5 Å². The molecule has 82 valence electrons. The predicted molar refractivity (Wildman–Crippen MR) is 71.7 cm³/mol. The van der Waals surface area contributed by atoms with E-state index in [9.17, 15) is 4.79 Å². The Kier molecular flexibility index (Phi) is 2.41. The van der Waals surface area contributed by atoms with Crippen LogP contribution in [0.4, 0.5) is 0 Å².